The maximum absolute atomic E-state index is 10.8. The van der Waals surface area contributed by atoms with Crippen molar-refractivity contribution in [3.05, 3.63) is 0 Å². The highest BCUT2D eigenvalue weighted by atomic mass is 32.2. The molecule has 1 saturated heterocycles. The molecule has 1 rings (SSSR count). The quantitative estimate of drug-likeness (QED) is 0.620. The molecule has 7 heteroatoms. The Kier molecular flexibility index (Phi) is 3.64. The van der Waals surface area contributed by atoms with Crippen LogP contribution in [0.3, 0.4) is 0 Å². The second-order valence-electron chi connectivity index (χ2n) is 2.84. The molecule has 0 aromatic rings. The van der Waals surface area contributed by atoms with Gasteiger partial charge in [0, 0.05) is 13.1 Å². The van der Waals surface area contributed by atoms with Gasteiger partial charge in [0.25, 0.3) is 0 Å². The number of primary amides is 1. The molecular weight excluding hydrogens is 194 g/mol. The summed E-state index contributed by atoms with van der Waals surface area (Å²) in [5, 5.41) is 1.45. The number of nitrogens with zero attached hydrogens (tertiary/aromatic N) is 2. The van der Waals surface area contributed by atoms with Crippen molar-refractivity contribution in [3.63, 3.8) is 0 Å². The molecule has 0 saturated carbocycles. The van der Waals surface area contributed by atoms with E-state index in [1.54, 1.807) is 0 Å². The number of hydrogen-bond donors (Lipinski definition) is 1. The van der Waals surface area contributed by atoms with Crippen molar-refractivity contribution in [2.75, 3.05) is 13.1 Å². The van der Waals surface area contributed by atoms with Crippen LogP contribution in [0.1, 0.15) is 19.3 Å². The molecular formula is C6H12N3O3S-. The van der Waals surface area contributed by atoms with Crippen LogP contribution in [-0.2, 0) is 11.3 Å². The summed E-state index contributed by atoms with van der Waals surface area (Å²) < 4.78 is 21.8. The Morgan fingerprint density at radius 1 is 1.38 bits per heavy atom. The number of urea groups is 1. The minimum Gasteiger partial charge on any atom is -0.754 e. The number of hydrazine groups is 1. The fourth-order valence-corrected chi connectivity index (χ4v) is 1.86. The summed E-state index contributed by atoms with van der Waals surface area (Å²) in [4.78, 5) is 10.8. The Hall–Kier alpha value is -0.660. The van der Waals surface area contributed by atoms with Gasteiger partial charge in [-0.25, -0.2) is 9.80 Å². The lowest BCUT2D eigenvalue weighted by Crippen LogP contribution is -2.51. The van der Waals surface area contributed by atoms with E-state index < -0.39 is 17.3 Å². The molecule has 0 aliphatic carbocycles. The van der Waals surface area contributed by atoms with Gasteiger partial charge in [-0.1, -0.05) is 6.42 Å². The van der Waals surface area contributed by atoms with Crippen LogP contribution in [-0.4, -0.2) is 37.3 Å². The van der Waals surface area contributed by atoms with Crippen LogP contribution in [0, 0.1) is 0 Å². The predicted octanol–water partition coefficient (Wildman–Crippen LogP) is -0.438. The topological polar surface area (TPSA) is 89.7 Å². The third-order valence-corrected chi connectivity index (χ3v) is 2.61. The van der Waals surface area contributed by atoms with Crippen LogP contribution in [0.2, 0.25) is 0 Å². The van der Waals surface area contributed by atoms with Crippen molar-refractivity contribution in [3.8, 4) is 0 Å². The summed E-state index contributed by atoms with van der Waals surface area (Å²) in [5.74, 6) is 0. The van der Waals surface area contributed by atoms with E-state index in [1.807, 2.05) is 0 Å². The highest BCUT2D eigenvalue weighted by molar-refractivity contribution is 7.77. The van der Waals surface area contributed by atoms with E-state index in [4.69, 9.17) is 5.73 Å². The van der Waals surface area contributed by atoms with Gasteiger partial charge in [-0.3, -0.25) is 4.21 Å². The van der Waals surface area contributed by atoms with Crippen molar-refractivity contribution >= 4 is 17.3 Å². The predicted molar refractivity (Wildman–Crippen MR) is 45.8 cm³/mol. The van der Waals surface area contributed by atoms with E-state index in [9.17, 15) is 13.6 Å². The first-order valence-electron chi connectivity index (χ1n) is 4.06. The van der Waals surface area contributed by atoms with Gasteiger partial charge in [0.1, 0.15) is 0 Å². The third kappa shape index (κ3) is 2.64. The number of hydrogen-bond acceptors (Lipinski definition) is 4. The molecule has 6 nitrogen and oxygen atoms in total. The first kappa shape index (κ1) is 10.4. The monoisotopic (exact) mass is 206 g/mol. The lowest BCUT2D eigenvalue weighted by molar-refractivity contribution is 0.0672. The van der Waals surface area contributed by atoms with E-state index >= 15 is 0 Å². The minimum atomic E-state index is -2.60. The average Bonchev–Trinajstić information content (AvgIpc) is 2.04. The van der Waals surface area contributed by atoms with Crippen LogP contribution < -0.4 is 5.73 Å². The van der Waals surface area contributed by atoms with Crippen LogP contribution in [0.15, 0.2) is 0 Å². The maximum atomic E-state index is 10.8. The third-order valence-electron chi connectivity index (χ3n) is 1.92. The first-order valence-corrected chi connectivity index (χ1v) is 5.10. The standard InChI is InChI=1S/C6H13N3O3S/c7-6(10)9(13(11)12)8-4-2-1-3-5-8/h1-5H2,(H2,7,10)(H,11,12)/p-1. The zero-order valence-corrected chi connectivity index (χ0v) is 7.96. The molecule has 1 fully saturated rings. The highest BCUT2D eigenvalue weighted by Gasteiger charge is 2.21. The van der Waals surface area contributed by atoms with E-state index in [0.717, 1.165) is 19.3 Å². The number of amides is 2. The van der Waals surface area contributed by atoms with Gasteiger partial charge in [0.2, 0.25) is 0 Å². The Labute approximate surface area is 79.1 Å². The van der Waals surface area contributed by atoms with Crippen molar-refractivity contribution < 1.29 is 13.6 Å². The average molecular weight is 206 g/mol. The van der Waals surface area contributed by atoms with Gasteiger partial charge in [0.05, 0.1) is 11.3 Å². The van der Waals surface area contributed by atoms with Crippen molar-refractivity contribution in [2.45, 2.75) is 19.3 Å². The Morgan fingerprint density at radius 3 is 2.31 bits per heavy atom. The zero-order chi connectivity index (χ0) is 9.84. The summed E-state index contributed by atoms with van der Waals surface area (Å²) in [6, 6.07) is -0.949. The normalized spacial score (nSPS) is 21.0. The Balaban J connectivity index is 2.62. The molecule has 1 atom stereocenters. The number of carbonyl (C=O) groups excluding carboxylic acids is 1. The fourth-order valence-electron chi connectivity index (χ4n) is 1.37. The fraction of sp³-hybridized carbons (Fsp3) is 0.833. The lowest BCUT2D eigenvalue weighted by atomic mass is 10.2. The molecule has 0 aromatic heterocycles. The SMILES string of the molecule is NC(=O)N(N1CCCCC1)S(=O)[O-]. The molecule has 2 N–H and O–H groups in total. The van der Waals surface area contributed by atoms with Crippen LogP contribution in [0.25, 0.3) is 0 Å². The van der Waals surface area contributed by atoms with Gasteiger partial charge in [-0.2, -0.15) is 4.41 Å². The molecule has 76 valence electrons. The second-order valence-corrected chi connectivity index (χ2v) is 3.62. The summed E-state index contributed by atoms with van der Waals surface area (Å²) in [5.41, 5.74) is 4.92. The second kappa shape index (κ2) is 4.54. The molecule has 1 heterocycles. The van der Waals surface area contributed by atoms with E-state index in [2.05, 4.69) is 0 Å². The Bertz CT molecular complexity index is 203. The number of carbonyl (C=O) groups is 1. The highest BCUT2D eigenvalue weighted by Crippen LogP contribution is 2.12. The molecule has 13 heavy (non-hydrogen) atoms. The number of nitrogens with two attached hydrogens (primary N) is 1. The molecule has 0 bridgehead atoms. The van der Waals surface area contributed by atoms with Crippen LogP contribution >= 0.6 is 0 Å². The van der Waals surface area contributed by atoms with Gasteiger partial charge in [-0.05, 0) is 12.8 Å². The van der Waals surface area contributed by atoms with E-state index in [-0.39, 0.29) is 0 Å². The largest absolute Gasteiger partial charge is 0.754 e. The Morgan fingerprint density at radius 2 is 1.92 bits per heavy atom. The minimum absolute atomic E-state index is 0.566. The lowest BCUT2D eigenvalue weighted by Gasteiger charge is -2.36. The van der Waals surface area contributed by atoms with Gasteiger partial charge in [-0.15, -0.1) is 0 Å². The van der Waals surface area contributed by atoms with Gasteiger partial charge < -0.3 is 10.3 Å². The molecule has 1 aliphatic rings. The molecule has 0 radical (unpaired) electrons. The van der Waals surface area contributed by atoms with Crippen molar-refractivity contribution in [2.24, 2.45) is 5.73 Å². The molecule has 1 unspecified atom stereocenters. The smallest absolute Gasteiger partial charge is 0.340 e. The van der Waals surface area contributed by atoms with Crippen molar-refractivity contribution in [1.82, 2.24) is 9.42 Å². The van der Waals surface area contributed by atoms with Gasteiger partial charge >= 0.3 is 6.03 Å². The van der Waals surface area contributed by atoms with E-state index in [1.165, 1.54) is 5.01 Å². The summed E-state index contributed by atoms with van der Waals surface area (Å²) in [7, 11) is 0. The zero-order valence-electron chi connectivity index (χ0n) is 7.14. The van der Waals surface area contributed by atoms with Crippen LogP contribution in [0.5, 0.6) is 0 Å². The van der Waals surface area contributed by atoms with E-state index in [0.29, 0.717) is 17.5 Å². The van der Waals surface area contributed by atoms with Crippen LogP contribution in [0.4, 0.5) is 4.79 Å². The molecule has 0 spiro atoms. The molecule has 1 aliphatic heterocycles. The van der Waals surface area contributed by atoms with Gasteiger partial charge in [0.15, 0.2) is 0 Å². The number of piperidine rings is 1. The molecule has 2 amide bonds. The number of rotatable bonds is 2. The first-order chi connectivity index (χ1) is 6.13. The molecule has 0 aromatic carbocycles. The summed E-state index contributed by atoms with van der Waals surface area (Å²) in [6.07, 6.45) is 2.84. The van der Waals surface area contributed by atoms with Crippen molar-refractivity contribution in [1.29, 1.82) is 0 Å². The summed E-state index contributed by atoms with van der Waals surface area (Å²) >= 11 is -2.60. The maximum Gasteiger partial charge on any atom is 0.340 e. The summed E-state index contributed by atoms with van der Waals surface area (Å²) in [6.45, 7) is 1.13.